The molecule has 0 heterocycles. The Bertz CT molecular complexity index is 1310. The first-order chi connectivity index (χ1) is 17.1. The molecule has 0 aliphatic heterocycles. The Balaban J connectivity index is 1.92. The summed E-state index contributed by atoms with van der Waals surface area (Å²) in [5.74, 6) is -3.20. The lowest BCUT2D eigenvalue weighted by atomic mass is 9.94. The van der Waals surface area contributed by atoms with Gasteiger partial charge in [0.05, 0.1) is 27.0 Å². The van der Waals surface area contributed by atoms with Crippen LogP contribution in [0.1, 0.15) is 26.3 Å². The van der Waals surface area contributed by atoms with Crippen molar-refractivity contribution < 1.29 is 44.7 Å². The summed E-state index contributed by atoms with van der Waals surface area (Å²) in [6, 6.07) is 10.9. The molecule has 0 aliphatic carbocycles. The molecule has 3 aromatic rings. The van der Waals surface area contributed by atoms with Crippen molar-refractivity contribution in [2.45, 2.75) is 18.0 Å². The minimum absolute atomic E-state index is 0.00308. The highest BCUT2D eigenvalue weighted by Gasteiger charge is 2.73. The number of anilines is 2. The van der Waals surface area contributed by atoms with Gasteiger partial charge in [0.1, 0.15) is 0 Å². The molecule has 0 saturated heterocycles. The van der Waals surface area contributed by atoms with Crippen LogP contribution in [0.2, 0.25) is 10.0 Å². The van der Waals surface area contributed by atoms with Crippen LogP contribution in [0.25, 0.3) is 0 Å². The molecule has 0 atom stereocenters. The fraction of sp³-hybridized carbons (Fsp3) is 0.130. The fourth-order valence-corrected chi connectivity index (χ4v) is 3.73. The van der Waals surface area contributed by atoms with Crippen LogP contribution in [0.15, 0.2) is 60.7 Å². The summed E-state index contributed by atoms with van der Waals surface area (Å²) in [5.41, 5.74) is -9.41. The third-order valence-corrected chi connectivity index (χ3v) is 5.58. The molecule has 0 unspecified atom stereocenters. The van der Waals surface area contributed by atoms with Crippen LogP contribution in [0.5, 0.6) is 0 Å². The first-order valence-electron chi connectivity index (χ1n) is 9.86. The maximum Gasteiger partial charge on any atom is 0.435 e. The predicted molar refractivity (Wildman–Crippen MR) is 120 cm³/mol. The van der Waals surface area contributed by atoms with E-state index in [1.165, 1.54) is 18.2 Å². The molecule has 0 spiro atoms. The highest BCUT2D eigenvalue weighted by Crippen LogP contribution is 2.54. The number of carbonyl (C=O) groups excluding carboxylic acids is 2. The van der Waals surface area contributed by atoms with E-state index in [0.29, 0.717) is 0 Å². The van der Waals surface area contributed by atoms with Gasteiger partial charge in [-0.2, -0.15) is 26.3 Å². The molecular formula is C23H12Cl2F8N2O2. The monoisotopic (exact) mass is 570 g/mol. The SMILES string of the molecule is O=C(Nc1cccc(C(=O)Nc2c(Cl)cc(C(F)(C(F)(F)F)C(F)(F)F)cc2Cl)c1F)c1ccccc1. The Morgan fingerprint density at radius 1 is 0.703 bits per heavy atom. The van der Waals surface area contributed by atoms with Gasteiger partial charge in [-0.25, -0.2) is 8.78 Å². The van der Waals surface area contributed by atoms with Crippen molar-refractivity contribution in [3.05, 3.63) is 93.2 Å². The van der Waals surface area contributed by atoms with Crippen LogP contribution in [-0.2, 0) is 5.67 Å². The number of halogens is 10. The lowest BCUT2D eigenvalue weighted by Crippen LogP contribution is -2.50. The molecule has 4 nitrogen and oxygen atoms in total. The number of hydrogen-bond acceptors (Lipinski definition) is 2. The first-order valence-corrected chi connectivity index (χ1v) is 10.6. The molecule has 2 amide bonds. The number of amides is 2. The van der Waals surface area contributed by atoms with Crippen LogP contribution in [0.4, 0.5) is 46.5 Å². The van der Waals surface area contributed by atoms with Crippen molar-refractivity contribution in [2.75, 3.05) is 10.6 Å². The van der Waals surface area contributed by atoms with Gasteiger partial charge in [-0.05, 0) is 36.4 Å². The Morgan fingerprint density at radius 2 is 1.24 bits per heavy atom. The second kappa shape index (κ2) is 10.2. The van der Waals surface area contributed by atoms with E-state index in [9.17, 15) is 44.7 Å². The minimum Gasteiger partial charge on any atom is -0.319 e. The van der Waals surface area contributed by atoms with Crippen LogP contribution in [0.3, 0.4) is 0 Å². The zero-order valence-corrected chi connectivity index (χ0v) is 19.4. The lowest BCUT2D eigenvalue weighted by Gasteiger charge is -2.30. The Hall–Kier alpha value is -3.38. The van der Waals surface area contributed by atoms with Gasteiger partial charge < -0.3 is 10.6 Å². The summed E-state index contributed by atoms with van der Waals surface area (Å²) in [7, 11) is 0. The Morgan fingerprint density at radius 3 is 1.76 bits per heavy atom. The Labute approximate surface area is 213 Å². The van der Waals surface area contributed by atoms with Crippen molar-refractivity contribution in [3.63, 3.8) is 0 Å². The van der Waals surface area contributed by atoms with E-state index < -0.39 is 68.2 Å². The quantitative estimate of drug-likeness (QED) is 0.306. The molecule has 0 saturated carbocycles. The maximum atomic E-state index is 14.9. The van der Waals surface area contributed by atoms with Crippen molar-refractivity contribution in [2.24, 2.45) is 0 Å². The molecule has 14 heteroatoms. The molecule has 37 heavy (non-hydrogen) atoms. The highest BCUT2D eigenvalue weighted by molar-refractivity contribution is 6.40. The maximum absolute atomic E-state index is 14.9. The van der Waals surface area contributed by atoms with Crippen molar-refractivity contribution >= 4 is 46.4 Å². The fourth-order valence-electron chi connectivity index (χ4n) is 3.15. The zero-order chi connectivity index (χ0) is 27.8. The average Bonchev–Trinajstić information content (AvgIpc) is 2.81. The topological polar surface area (TPSA) is 58.2 Å². The van der Waals surface area contributed by atoms with Crippen LogP contribution >= 0.6 is 23.2 Å². The second-order valence-electron chi connectivity index (χ2n) is 7.41. The molecule has 2 N–H and O–H groups in total. The van der Waals surface area contributed by atoms with Gasteiger partial charge in [-0.1, -0.05) is 47.5 Å². The van der Waals surface area contributed by atoms with Gasteiger partial charge in [0.25, 0.3) is 11.8 Å². The van der Waals surface area contributed by atoms with E-state index in [0.717, 1.165) is 12.1 Å². The lowest BCUT2D eigenvalue weighted by molar-refractivity contribution is -0.348. The summed E-state index contributed by atoms with van der Waals surface area (Å²) in [6.45, 7) is 0. The molecule has 0 radical (unpaired) electrons. The first kappa shape index (κ1) is 28.2. The summed E-state index contributed by atoms with van der Waals surface area (Å²) in [6.07, 6.45) is -12.8. The van der Waals surface area contributed by atoms with Gasteiger partial charge in [0, 0.05) is 11.1 Å². The standard InChI is InChI=1S/C23H12Cl2F8N2O2/c24-14-9-12(21(27,22(28,29)30)23(31,32)33)10-15(25)18(14)35-20(37)13-7-4-8-16(17(13)26)34-19(36)11-5-2-1-3-6-11/h1-10H,(H,34,36)(H,35,37). The third-order valence-electron chi connectivity index (χ3n) is 4.99. The van der Waals surface area contributed by atoms with Crippen molar-refractivity contribution in [1.29, 1.82) is 0 Å². The minimum atomic E-state index is -6.42. The summed E-state index contributed by atoms with van der Waals surface area (Å²) < 4.78 is 108. The van der Waals surface area contributed by atoms with E-state index in [2.05, 4.69) is 5.32 Å². The largest absolute Gasteiger partial charge is 0.435 e. The molecule has 3 rings (SSSR count). The van der Waals surface area contributed by atoms with Crippen molar-refractivity contribution in [1.82, 2.24) is 0 Å². The number of benzene rings is 3. The molecule has 0 bridgehead atoms. The van der Waals surface area contributed by atoms with Crippen LogP contribution in [-0.4, -0.2) is 24.2 Å². The number of rotatable bonds is 5. The second-order valence-corrected chi connectivity index (χ2v) is 8.22. The van der Waals surface area contributed by atoms with Crippen LogP contribution < -0.4 is 10.6 Å². The summed E-state index contributed by atoms with van der Waals surface area (Å²) in [4.78, 5) is 24.9. The molecule has 0 aromatic heterocycles. The number of nitrogens with one attached hydrogen (secondary N) is 2. The van der Waals surface area contributed by atoms with Gasteiger partial charge in [0.2, 0.25) is 0 Å². The number of hydrogen-bond donors (Lipinski definition) is 2. The van der Waals surface area contributed by atoms with E-state index in [4.69, 9.17) is 23.2 Å². The van der Waals surface area contributed by atoms with Crippen LogP contribution in [0, 0.1) is 5.82 Å². The molecule has 0 fully saturated rings. The van der Waals surface area contributed by atoms with Gasteiger partial charge >= 0.3 is 18.0 Å². The Kier molecular flexibility index (Phi) is 7.75. The smallest absolute Gasteiger partial charge is 0.319 e. The molecule has 196 valence electrons. The molecular weight excluding hydrogens is 559 g/mol. The summed E-state index contributed by atoms with van der Waals surface area (Å²) in [5, 5.41) is 2.25. The number of alkyl halides is 7. The summed E-state index contributed by atoms with van der Waals surface area (Å²) >= 11 is 11.5. The molecule has 3 aromatic carbocycles. The van der Waals surface area contributed by atoms with E-state index >= 15 is 0 Å². The average molecular weight is 571 g/mol. The van der Waals surface area contributed by atoms with Gasteiger partial charge in [0.15, 0.2) is 5.82 Å². The molecule has 0 aliphatic rings. The zero-order valence-electron chi connectivity index (χ0n) is 17.9. The van der Waals surface area contributed by atoms with Gasteiger partial charge in [-0.3, -0.25) is 9.59 Å². The van der Waals surface area contributed by atoms with E-state index in [1.807, 2.05) is 5.32 Å². The number of carbonyl (C=O) groups is 2. The van der Waals surface area contributed by atoms with Gasteiger partial charge in [-0.15, -0.1) is 0 Å². The third kappa shape index (κ3) is 5.49. The normalized spacial score (nSPS) is 12.3. The van der Waals surface area contributed by atoms with E-state index in [1.54, 1.807) is 18.2 Å². The van der Waals surface area contributed by atoms with E-state index in [-0.39, 0.29) is 17.7 Å². The van der Waals surface area contributed by atoms with Crippen molar-refractivity contribution in [3.8, 4) is 0 Å². The highest BCUT2D eigenvalue weighted by atomic mass is 35.5. The predicted octanol–water partition coefficient (Wildman–Crippen LogP) is 7.93.